The van der Waals surface area contributed by atoms with Crippen molar-refractivity contribution >= 4 is 11.8 Å². The highest BCUT2D eigenvalue weighted by atomic mass is 14.5. The van der Waals surface area contributed by atoms with Crippen LogP contribution in [0.5, 0.6) is 0 Å². The van der Waals surface area contributed by atoms with Crippen LogP contribution in [0, 0.1) is 0 Å². The Bertz CT molecular complexity index is 293. The summed E-state index contributed by atoms with van der Waals surface area (Å²) in [4.78, 5) is 0. The summed E-state index contributed by atoms with van der Waals surface area (Å²) in [5.41, 5.74) is 8.53. The Hall–Kier alpha value is -1.50. The van der Waals surface area contributed by atoms with Crippen molar-refractivity contribution in [1.29, 1.82) is 0 Å². The van der Waals surface area contributed by atoms with Gasteiger partial charge in [0.1, 0.15) is 0 Å². The molecule has 0 aliphatic heterocycles. The lowest BCUT2D eigenvalue weighted by atomic mass is 10.2. The lowest BCUT2D eigenvalue weighted by molar-refractivity contribution is 1.57. The minimum Gasteiger partial charge on any atom is -0.399 e. The van der Waals surface area contributed by atoms with Gasteiger partial charge in [-0.15, -0.1) is 0 Å². The van der Waals surface area contributed by atoms with Gasteiger partial charge >= 0.3 is 0 Å². The van der Waals surface area contributed by atoms with E-state index in [1.54, 1.807) is 0 Å². The Balaban J connectivity index is 2.77. The minimum atomic E-state index is 0.794. The first-order valence-electron chi connectivity index (χ1n) is 3.87. The Labute approximate surface area is 73.2 Å². The second-order valence-electron chi connectivity index (χ2n) is 2.85. The van der Waals surface area contributed by atoms with Crippen LogP contribution >= 0.6 is 0 Å². The van der Waals surface area contributed by atoms with E-state index in [0.29, 0.717) is 0 Å². The molecule has 0 amide bonds. The van der Waals surface area contributed by atoms with Crippen LogP contribution in [0.3, 0.4) is 0 Å². The summed E-state index contributed by atoms with van der Waals surface area (Å²) in [5.74, 6) is 0. The van der Waals surface area contributed by atoms with Crippen LogP contribution in [0.25, 0.3) is 6.08 Å². The third-order valence-electron chi connectivity index (χ3n) is 1.50. The van der Waals surface area contributed by atoms with Gasteiger partial charge in [0.05, 0.1) is 0 Å². The molecule has 0 unspecified atom stereocenters. The number of hydrogen-bond acceptors (Lipinski definition) is 1. The second-order valence-corrected chi connectivity index (χ2v) is 2.85. The van der Waals surface area contributed by atoms with Gasteiger partial charge in [0.2, 0.25) is 0 Å². The SMILES string of the molecule is C=C(C)/C=C/c1ccc(N)cc1. The van der Waals surface area contributed by atoms with E-state index in [1.807, 2.05) is 43.3 Å². The maximum Gasteiger partial charge on any atom is 0.0314 e. The number of anilines is 1. The number of benzene rings is 1. The molecule has 0 bridgehead atoms. The van der Waals surface area contributed by atoms with Gasteiger partial charge in [0, 0.05) is 5.69 Å². The molecule has 0 fully saturated rings. The highest BCUT2D eigenvalue weighted by Crippen LogP contribution is 2.07. The number of nitrogen functional groups attached to an aromatic ring is 1. The molecule has 0 atom stereocenters. The zero-order valence-electron chi connectivity index (χ0n) is 7.25. The average Bonchev–Trinajstić information content (AvgIpc) is 2.03. The topological polar surface area (TPSA) is 26.0 Å². The fourth-order valence-corrected chi connectivity index (χ4v) is 0.846. The largest absolute Gasteiger partial charge is 0.399 e. The summed E-state index contributed by atoms with van der Waals surface area (Å²) >= 11 is 0. The molecule has 0 spiro atoms. The van der Waals surface area contributed by atoms with Crippen LogP contribution in [0.1, 0.15) is 12.5 Å². The standard InChI is InChI=1S/C11H13N/c1-9(2)3-4-10-5-7-11(12)8-6-10/h3-8H,1,12H2,2H3/b4-3+. The van der Waals surface area contributed by atoms with Gasteiger partial charge in [-0.25, -0.2) is 0 Å². The maximum atomic E-state index is 5.54. The lowest BCUT2D eigenvalue weighted by Gasteiger charge is -1.94. The van der Waals surface area contributed by atoms with Crippen molar-refractivity contribution in [2.24, 2.45) is 0 Å². The molecule has 0 saturated carbocycles. The predicted octanol–water partition coefficient (Wildman–Crippen LogP) is 2.86. The summed E-state index contributed by atoms with van der Waals surface area (Å²) in [6, 6.07) is 7.74. The smallest absolute Gasteiger partial charge is 0.0314 e. The fourth-order valence-electron chi connectivity index (χ4n) is 0.846. The van der Waals surface area contributed by atoms with E-state index in [1.165, 1.54) is 0 Å². The molecule has 1 nitrogen and oxygen atoms in total. The maximum absolute atomic E-state index is 5.54. The summed E-state index contributed by atoms with van der Waals surface area (Å²) in [7, 11) is 0. The van der Waals surface area contributed by atoms with Crippen LogP contribution < -0.4 is 5.73 Å². The van der Waals surface area contributed by atoms with Gasteiger partial charge in [-0.3, -0.25) is 0 Å². The first kappa shape index (κ1) is 8.60. The molecular formula is C11H13N. The van der Waals surface area contributed by atoms with E-state index in [2.05, 4.69) is 6.58 Å². The van der Waals surface area contributed by atoms with Gasteiger partial charge < -0.3 is 5.73 Å². The molecule has 0 aliphatic carbocycles. The number of rotatable bonds is 2. The lowest BCUT2D eigenvalue weighted by Crippen LogP contribution is -1.82. The highest BCUT2D eigenvalue weighted by molar-refractivity contribution is 5.55. The van der Waals surface area contributed by atoms with Crippen molar-refractivity contribution in [3.63, 3.8) is 0 Å². The first-order chi connectivity index (χ1) is 5.68. The third kappa shape index (κ3) is 2.62. The van der Waals surface area contributed by atoms with Gasteiger partial charge in [-0.1, -0.05) is 36.4 Å². The fraction of sp³-hybridized carbons (Fsp3) is 0.0909. The molecule has 12 heavy (non-hydrogen) atoms. The van der Waals surface area contributed by atoms with Gasteiger partial charge in [-0.05, 0) is 24.6 Å². The zero-order valence-corrected chi connectivity index (χ0v) is 7.25. The highest BCUT2D eigenvalue weighted by Gasteiger charge is 1.85. The minimum absolute atomic E-state index is 0.794. The molecule has 1 rings (SSSR count). The quantitative estimate of drug-likeness (QED) is 0.521. The normalized spacial score (nSPS) is 10.4. The monoisotopic (exact) mass is 159 g/mol. The second kappa shape index (κ2) is 3.77. The van der Waals surface area contributed by atoms with Crippen molar-refractivity contribution in [3.8, 4) is 0 Å². The predicted molar refractivity (Wildman–Crippen MR) is 54.7 cm³/mol. The molecule has 0 radical (unpaired) electrons. The van der Waals surface area contributed by atoms with Crippen LogP contribution in [-0.2, 0) is 0 Å². The molecule has 2 N–H and O–H groups in total. The molecule has 0 aliphatic rings. The van der Waals surface area contributed by atoms with Crippen molar-refractivity contribution in [1.82, 2.24) is 0 Å². The van der Waals surface area contributed by atoms with Crippen LogP contribution in [0.2, 0.25) is 0 Å². The molecule has 62 valence electrons. The third-order valence-corrected chi connectivity index (χ3v) is 1.50. The Kier molecular flexibility index (Phi) is 2.70. The van der Waals surface area contributed by atoms with E-state index in [9.17, 15) is 0 Å². The first-order valence-corrected chi connectivity index (χ1v) is 3.87. The van der Waals surface area contributed by atoms with Crippen molar-refractivity contribution in [3.05, 3.63) is 48.1 Å². The Morgan fingerprint density at radius 3 is 2.42 bits per heavy atom. The van der Waals surface area contributed by atoms with Crippen LogP contribution in [0.15, 0.2) is 42.5 Å². The summed E-state index contributed by atoms with van der Waals surface area (Å²) in [6.07, 6.45) is 3.99. The van der Waals surface area contributed by atoms with E-state index < -0.39 is 0 Å². The molecule has 0 saturated heterocycles. The number of nitrogens with two attached hydrogens (primary N) is 1. The Morgan fingerprint density at radius 2 is 1.92 bits per heavy atom. The average molecular weight is 159 g/mol. The number of allylic oxidation sites excluding steroid dienone is 2. The molecule has 0 aromatic heterocycles. The molecule has 1 aromatic rings. The van der Waals surface area contributed by atoms with Gasteiger partial charge in [0.15, 0.2) is 0 Å². The van der Waals surface area contributed by atoms with Crippen molar-refractivity contribution < 1.29 is 0 Å². The zero-order chi connectivity index (χ0) is 8.97. The van der Waals surface area contributed by atoms with E-state index >= 15 is 0 Å². The van der Waals surface area contributed by atoms with E-state index in [4.69, 9.17) is 5.73 Å². The van der Waals surface area contributed by atoms with Gasteiger partial charge in [0.25, 0.3) is 0 Å². The molecule has 0 heterocycles. The van der Waals surface area contributed by atoms with Crippen molar-refractivity contribution in [2.45, 2.75) is 6.92 Å². The summed E-state index contributed by atoms with van der Waals surface area (Å²) < 4.78 is 0. The Morgan fingerprint density at radius 1 is 1.33 bits per heavy atom. The molecule has 1 heteroatoms. The van der Waals surface area contributed by atoms with Gasteiger partial charge in [-0.2, -0.15) is 0 Å². The van der Waals surface area contributed by atoms with E-state index in [-0.39, 0.29) is 0 Å². The molecule has 1 aromatic carbocycles. The number of hydrogen-bond donors (Lipinski definition) is 1. The van der Waals surface area contributed by atoms with Crippen molar-refractivity contribution in [2.75, 3.05) is 5.73 Å². The van der Waals surface area contributed by atoms with Crippen LogP contribution in [0.4, 0.5) is 5.69 Å². The van der Waals surface area contributed by atoms with Crippen LogP contribution in [-0.4, -0.2) is 0 Å². The van der Waals surface area contributed by atoms with E-state index in [0.717, 1.165) is 16.8 Å². The summed E-state index contributed by atoms with van der Waals surface area (Å²) in [5, 5.41) is 0. The summed E-state index contributed by atoms with van der Waals surface area (Å²) in [6.45, 7) is 5.74. The molecular weight excluding hydrogens is 146 g/mol.